The van der Waals surface area contributed by atoms with Crippen molar-refractivity contribution in [2.75, 3.05) is 15.5 Å². The largest absolute Gasteiger partial charge is 0.350 e. The quantitative estimate of drug-likeness (QED) is 0.471. The van der Waals surface area contributed by atoms with Gasteiger partial charge in [0.15, 0.2) is 0 Å². The summed E-state index contributed by atoms with van der Waals surface area (Å²) in [5.74, 6) is -2.21. The highest BCUT2D eigenvalue weighted by molar-refractivity contribution is 6.53. The van der Waals surface area contributed by atoms with E-state index in [0.29, 0.717) is 22.6 Å². The SMILES string of the molecule is Cc1ccccc1N1C(=O)C(Cl)=C(Nc2ccc(C(=O)Nc3ccc(F)c(Cl)c3)cc2)C1=O. The number of nitrogens with one attached hydrogen (secondary N) is 2. The van der Waals surface area contributed by atoms with Gasteiger partial charge in [-0.25, -0.2) is 9.29 Å². The number of nitrogens with zero attached hydrogens (tertiary/aromatic N) is 1. The Kier molecular flexibility index (Phi) is 6.18. The van der Waals surface area contributed by atoms with Gasteiger partial charge in [0, 0.05) is 16.9 Å². The normalized spacial score (nSPS) is 13.5. The Bertz CT molecular complexity index is 1320. The third kappa shape index (κ3) is 4.46. The monoisotopic (exact) mass is 483 g/mol. The van der Waals surface area contributed by atoms with Gasteiger partial charge >= 0.3 is 0 Å². The lowest BCUT2D eigenvalue weighted by Crippen LogP contribution is -2.32. The summed E-state index contributed by atoms with van der Waals surface area (Å²) in [4.78, 5) is 39.0. The number of benzene rings is 3. The van der Waals surface area contributed by atoms with Crippen LogP contribution in [0.4, 0.5) is 21.5 Å². The van der Waals surface area contributed by atoms with E-state index < -0.39 is 23.5 Å². The van der Waals surface area contributed by atoms with E-state index in [1.54, 1.807) is 43.3 Å². The molecular weight excluding hydrogens is 468 g/mol. The number of amides is 3. The molecule has 166 valence electrons. The molecule has 0 aliphatic carbocycles. The summed E-state index contributed by atoms with van der Waals surface area (Å²) >= 11 is 11.9. The second kappa shape index (κ2) is 9.05. The third-order valence-electron chi connectivity index (χ3n) is 4.98. The highest BCUT2D eigenvalue weighted by atomic mass is 35.5. The molecule has 3 amide bonds. The van der Waals surface area contributed by atoms with E-state index in [0.717, 1.165) is 16.5 Å². The molecule has 3 aromatic rings. The molecule has 33 heavy (non-hydrogen) atoms. The highest BCUT2D eigenvalue weighted by Crippen LogP contribution is 2.31. The molecule has 9 heteroatoms. The molecule has 0 bridgehead atoms. The zero-order chi connectivity index (χ0) is 23.7. The number of carbonyl (C=O) groups excluding carboxylic acids is 3. The molecule has 0 atom stereocenters. The van der Waals surface area contributed by atoms with E-state index in [9.17, 15) is 18.8 Å². The number of hydrogen-bond donors (Lipinski definition) is 2. The van der Waals surface area contributed by atoms with Gasteiger partial charge in [0.1, 0.15) is 16.5 Å². The number of imide groups is 1. The first-order valence-electron chi connectivity index (χ1n) is 9.74. The molecule has 2 N–H and O–H groups in total. The van der Waals surface area contributed by atoms with Crippen molar-refractivity contribution in [3.05, 3.63) is 99.4 Å². The first-order chi connectivity index (χ1) is 15.8. The van der Waals surface area contributed by atoms with E-state index in [2.05, 4.69) is 10.6 Å². The predicted octanol–water partition coefficient (Wildman–Crippen LogP) is 5.48. The molecule has 3 aromatic carbocycles. The smallest absolute Gasteiger partial charge is 0.283 e. The zero-order valence-corrected chi connectivity index (χ0v) is 18.7. The number of carbonyl (C=O) groups is 3. The van der Waals surface area contributed by atoms with Gasteiger partial charge in [-0.2, -0.15) is 0 Å². The summed E-state index contributed by atoms with van der Waals surface area (Å²) in [6.07, 6.45) is 0. The molecule has 6 nitrogen and oxygen atoms in total. The summed E-state index contributed by atoms with van der Waals surface area (Å²) in [5.41, 5.74) is 2.27. The summed E-state index contributed by atoms with van der Waals surface area (Å²) in [6, 6.07) is 17.0. The molecular formula is C24H16Cl2FN3O3. The Hall–Kier alpha value is -3.68. The minimum absolute atomic E-state index is 0.0527. The average molecular weight is 484 g/mol. The molecule has 0 saturated carbocycles. The molecule has 0 unspecified atom stereocenters. The van der Waals surface area contributed by atoms with Crippen molar-refractivity contribution in [2.45, 2.75) is 6.92 Å². The van der Waals surface area contributed by atoms with Crippen LogP contribution in [-0.4, -0.2) is 17.7 Å². The van der Waals surface area contributed by atoms with Gasteiger partial charge in [-0.05, 0) is 61.0 Å². The van der Waals surface area contributed by atoms with Crippen molar-refractivity contribution in [2.24, 2.45) is 0 Å². The van der Waals surface area contributed by atoms with Crippen LogP contribution in [0.2, 0.25) is 5.02 Å². The fourth-order valence-electron chi connectivity index (χ4n) is 3.27. The lowest BCUT2D eigenvalue weighted by Gasteiger charge is -2.17. The zero-order valence-electron chi connectivity index (χ0n) is 17.2. The maximum absolute atomic E-state index is 13.3. The number of rotatable bonds is 5. The second-order valence-corrected chi connectivity index (χ2v) is 7.99. The second-order valence-electron chi connectivity index (χ2n) is 7.21. The van der Waals surface area contributed by atoms with Crippen molar-refractivity contribution >= 4 is 58.0 Å². The maximum atomic E-state index is 13.3. The van der Waals surface area contributed by atoms with Gasteiger partial charge in [0.2, 0.25) is 0 Å². The van der Waals surface area contributed by atoms with Crippen LogP contribution < -0.4 is 15.5 Å². The van der Waals surface area contributed by atoms with Crippen molar-refractivity contribution in [3.8, 4) is 0 Å². The van der Waals surface area contributed by atoms with Crippen molar-refractivity contribution < 1.29 is 18.8 Å². The van der Waals surface area contributed by atoms with Crippen LogP contribution >= 0.6 is 23.2 Å². The summed E-state index contributed by atoms with van der Waals surface area (Å²) in [7, 11) is 0. The van der Waals surface area contributed by atoms with Crippen LogP contribution in [0.25, 0.3) is 0 Å². The van der Waals surface area contributed by atoms with Crippen LogP contribution in [0.5, 0.6) is 0 Å². The lowest BCUT2D eigenvalue weighted by atomic mass is 10.1. The van der Waals surface area contributed by atoms with Crippen LogP contribution in [-0.2, 0) is 9.59 Å². The predicted molar refractivity (Wildman–Crippen MR) is 126 cm³/mol. The first kappa shape index (κ1) is 22.5. The van der Waals surface area contributed by atoms with Gasteiger partial charge < -0.3 is 10.6 Å². The van der Waals surface area contributed by atoms with Gasteiger partial charge in [0.05, 0.1) is 10.7 Å². The standard InChI is InChI=1S/C24H16Cl2FN3O3/c1-13-4-2-3-5-19(13)30-23(32)20(26)21(24(30)33)28-15-8-6-14(7-9-15)22(31)29-16-10-11-18(27)17(25)12-16/h2-12,28H,1H3,(H,29,31). The number of aryl methyl sites for hydroxylation is 1. The third-order valence-corrected chi connectivity index (χ3v) is 5.62. The van der Waals surface area contributed by atoms with Gasteiger partial charge in [-0.3, -0.25) is 14.4 Å². The Morgan fingerprint density at radius 3 is 2.24 bits per heavy atom. The van der Waals surface area contributed by atoms with Crippen LogP contribution in [0.1, 0.15) is 15.9 Å². The molecule has 0 spiro atoms. The van der Waals surface area contributed by atoms with Crippen molar-refractivity contribution in [3.63, 3.8) is 0 Å². The number of halogens is 3. The number of para-hydroxylation sites is 1. The molecule has 0 fully saturated rings. The van der Waals surface area contributed by atoms with E-state index >= 15 is 0 Å². The van der Waals surface area contributed by atoms with Gasteiger partial charge in [-0.15, -0.1) is 0 Å². The molecule has 1 aliphatic rings. The summed E-state index contributed by atoms with van der Waals surface area (Å²) in [5, 5.41) is 5.16. The molecule has 0 aromatic heterocycles. The van der Waals surface area contributed by atoms with Gasteiger partial charge in [0.25, 0.3) is 17.7 Å². The summed E-state index contributed by atoms with van der Waals surface area (Å²) < 4.78 is 13.3. The van der Waals surface area contributed by atoms with E-state index in [1.165, 1.54) is 24.3 Å². The fourth-order valence-corrected chi connectivity index (χ4v) is 3.66. The van der Waals surface area contributed by atoms with E-state index in [4.69, 9.17) is 23.2 Å². The lowest BCUT2D eigenvalue weighted by molar-refractivity contribution is -0.120. The topological polar surface area (TPSA) is 78.5 Å². The van der Waals surface area contributed by atoms with Crippen LogP contribution in [0.15, 0.2) is 77.5 Å². The Morgan fingerprint density at radius 2 is 1.58 bits per heavy atom. The highest BCUT2D eigenvalue weighted by Gasteiger charge is 2.39. The Labute approximate surface area is 198 Å². The average Bonchev–Trinajstić information content (AvgIpc) is 3.00. The van der Waals surface area contributed by atoms with E-state index in [-0.39, 0.29) is 15.8 Å². The molecule has 0 radical (unpaired) electrons. The first-order valence-corrected chi connectivity index (χ1v) is 10.5. The number of anilines is 3. The van der Waals surface area contributed by atoms with Crippen LogP contribution in [0, 0.1) is 12.7 Å². The van der Waals surface area contributed by atoms with Crippen molar-refractivity contribution in [1.29, 1.82) is 0 Å². The van der Waals surface area contributed by atoms with Gasteiger partial charge in [-0.1, -0.05) is 41.4 Å². The molecule has 0 saturated heterocycles. The van der Waals surface area contributed by atoms with Crippen molar-refractivity contribution in [1.82, 2.24) is 0 Å². The van der Waals surface area contributed by atoms with E-state index in [1.807, 2.05) is 0 Å². The maximum Gasteiger partial charge on any atom is 0.283 e. The Morgan fingerprint density at radius 1 is 0.909 bits per heavy atom. The molecule has 1 aliphatic heterocycles. The fraction of sp³-hybridized carbons (Fsp3) is 0.0417. The van der Waals surface area contributed by atoms with Crippen LogP contribution in [0.3, 0.4) is 0 Å². The molecule has 4 rings (SSSR count). The minimum atomic E-state index is -0.618. The Balaban J connectivity index is 1.49. The number of hydrogen-bond acceptors (Lipinski definition) is 4. The summed E-state index contributed by atoms with van der Waals surface area (Å²) in [6.45, 7) is 1.79. The minimum Gasteiger partial charge on any atom is -0.350 e. The molecule has 1 heterocycles.